The summed E-state index contributed by atoms with van der Waals surface area (Å²) in [7, 11) is 0. The summed E-state index contributed by atoms with van der Waals surface area (Å²) in [6, 6.07) is 17.9. The lowest BCUT2D eigenvalue weighted by atomic mass is 10.1. The van der Waals surface area contributed by atoms with Gasteiger partial charge in [0.15, 0.2) is 5.65 Å². The molecular formula is C28H32N6O. The first-order chi connectivity index (χ1) is 17.0. The van der Waals surface area contributed by atoms with Gasteiger partial charge in [0.05, 0.1) is 16.8 Å². The Morgan fingerprint density at radius 2 is 1.63 bits per heavy atom. The lowest BCUT2D eigenvalue weighted by Gasteiger charge is -2.36. The Hall–Kier alpha value is -3.74. The van der Waals surface area contributed by atoms with Crippen LogP contribution in [0.5, 0.6) is 0 Å². The van der Waals surface area contributed by atoms with E-state index in [9.17, 15) is 4.79 Å². The van der Waals surface area contributed by atoms with Crippen LogP contribution in [0.15, 0.2) is 54.6 Å². The Labute approximate surface area is 206 Å². The molecule has 7 nitrogen and oxygen atoms in total. The van der Waals surface area contributed by atoms with Crippen LogP contribution in [0, 0.1) is 13.8 Å². The molecular weight excluding hydrogens is 436 g/mol. The summed E-state index contributed by atoms with van der Waals surface area (Å²) in [4.78, 5) is 27.2. The van der Waals surface area contributed by atoms with Crippen molar-refractivity contribution in [2.75, 3.05) is 31.1 Å². The van der Waals surface area contributed by atoms with Gasteiger partial charge in [-0.25, -0.2) is 14.6 Å². The van der Waals surface area contributed by atoms with E-state index < -0.39 is 0 Å². The molecule has 1 fully saturated rings. The van der Waals surface area contributed by atoms with Crippen molar-refractivity contribution >= 4 is 22.8 Å². The van der Waals surface area contributed by atoms with Crippen LogP contribution in [-0.2, 0) is 0 Å². The van der Waals surface area contributed by atoms with E-state index >= 15 is 0 Å². The summed E-state index contributed by atoms with van der Waals surface area (Å²) >= 11 is 0. The maximum atomic E-state index is 12.9. The number of nitrogens with zero attached hydrogens (tertiary/aromatic N) is 6. The number of carbonyl (C=O) groups is 1. The SMILES string of the molecule is CC[C@H](C)c1nc(N2CCN(C(=O)c3ccccc3)CC2)c2c(C)nn(-c3ccc(C)cc3)c2n1. The molecule has 0 N–H and O–H groups in total. The van der Waals surface area contributed by atoms with Gasteiger partial charge in [0, 0.05) is 37.7 Å². The van der Waals surface area contributed by atoms with Crippen molar-refractivity contribution in [2.24, 2.45) is 0 Å². The van der Waals surface area contributed by atoms with E-state index in [0.29, 0.717) is 13.1 Å². The summed E-state index contributed by atoms with van der Waals surface area (Å²) in [6.07, 6.45) is 0.960. The van der Waals surface area contributed by atoms with Crippen LogP contribution in [0.1, 0.15) is 53.6 Å². The van der Waals surface area contributed by atoms with Gasteiger partial charge in [0.25, 0.3) is 5.91 Å². The van der Waals surface area contributed by atoms with Crippen molar-refractivity contribution in [1.29, 1.82) is 0 Å². The van der Waals surface area contributed by atoms with Crippen LogP contribution in [0.3, 0.4) is 0 Å². The quantitative estimate of drug-likeness (QED) is 0.416. The molecule has 1 amide bonds. The van der Waals surface area contributed by atoms with E-state index in [0.717, 1.165) is 59.1 Å². The van der Waals surface area contributed by atoms with Crippen molar-refractivity contribution in [3.63, 3.8) is 0 Å². The average molecular weight is 469 g/mol. The highest BCUT2D eigenvalue weighted by atomic mass is 16.2. The lowest BCUT2D eigenvalue weighted by Crippen LogP contribution is -2.49. The van der Waals surface area contributed by atoms with Gasteiger partial charge < -0.3 is 9.80 Å². The van der Waals surface area contributed by atoms with Crippen LogP contribution in [-0.4, -0.2) is 56.7 Å². The molecule has 5 rings (SSSR count). The second-order valence-electron chi connectivity index (χ2n) is 9.39. The van der Waals surface area contributed by atoms with Gasteiger partial charge in [-0.15, -0.1) is 0 Å². The smallest absolute Gasteiger partial charge is 0.253 e. The van der Waals surface area contributed by atoms with Crippen LogP contribution in [0.2, 0.25) is 0 Å². The third-order valence-corrected chi connectivity index (χ3v) is 6.92. The first kappa shape index (κ1) is 23.0. The minimum atomic E-state index is 0.0850. The van der Waals surface area contributed by atoms with Crippen molar-refractivity contribution in [1.82, 2.24) is 24.6 Å². The number of aryl methyl sites for hydroxylation is 2. The number of aromatic nitrogens is 4. The second-order valence-corrected chi connectivity index (χ2v) is 9.39. The van der Waals surface area contributed by atoms with E-state index in [4.69, 9.17) is 15.1 Å². The minimum absolute atomic E-state index is 0.0850. The van der Waals surface area contributed by atoms with Gasteiger partial charge in [0.1, 0.15) is 11.6 Å². The lowest BCUT2D eigenvalue weighted by molar-refractivity contribution is 0.0746. The molecule has 35 heavy (non-hydrogen) atoms. The third-order valence-electron chi connectivity index (χ3n) is 6.92. The normalized spacial score (nSPS) is 15.0. The fourth-order valence-corrected chi connectivity index (χ4v) is 4.56. The minimum Gasteiger partial charge on any atom is -0.352 e. The van der Waals surface area contributed by atoms with Gasteiger partial charge >= 0.3 is 0 Å². The summed E-state index contributed by atoms with van der Waals surface area (Å²) in [5.74, 6) is 2.08. The van der Waals surface area contributed by atoms with Gasteiger partial charge in [-0.05, 0) is 44.5 Å². The molecule has 1 atom stereocenters. The van der Waals surface area contributed by atoms with Crippen molar-refractivity contribution in [3.05, 3.63) is 77.2 Å². The fourth-order valence-electron chi connectivity index (χ4n) is 4.56. The Bertz CT molecular complexity index is 1340. The number of hydrogen-bond acceptors (Lipinski definition) is 5. The van der Waals surface area contributed by atoms with Crippen molar-refractivity contribution in [2.45, 2.75) is 40.0 Å². The van der Waals surface area contributed by atoms with Crippen LogP contribution < -0.4 is 4.90 Å². The highest BCUT2D eigenvalue weighted by Crippen LogP contribution is 2.32. The predicted molar refractivity (Wildman–Crippen MR) is 139 cm³/mol. The van der Waals surface area contributed by atoms with Gasteiger partial charge in [-0.1, -0.05) is 49.7 Å². The van der Waals surface area contributed by atoms with Crippen LogP contribution in [0.25, 0.3) is 16.7 Å². The zero-order valence-electron chi connectivity index (χ0n) is 20.9. The van der Waals surface area contributed by atoms with Gasteiger partial charge in [-0.2, -0.15) is 5.10 Å². The Morgan fingerprint density at radius 1 is 0.943 bits per heavy atom. The van der Waals surface area contributed by atoms with E-state index in [1.165, 1.54) is 5.56 Å². The fraction of sp³-hybridized carbons (Fsp3) is 0.357. The number of anilines is 1. The van der Waals surface area contributed by atoms with Crippen molar-refractivity contribution < 1.29 is 4.79 Å². The standard InChI is InChI=1S/C28H32N6O/c1-5-20(3)25-29-26(32-15-17-33(18-16-32)28(35)22-9-7-6-8-10-22)24-21(4)31-34(27(24)30-25)23-13-11-19(2)12-14-23/h6-14,20H,5,15-18H2,1-4H3/t20-/m0/s1. The zero-order valence-corrected chi connectivity index (χ0v) is 20.9. The number of piperazine rings is 1. The van der Waals surface area contributed by atoms with Crippen molar-refractivity contribution in [3.8, 4) is 5.69 Å². The Balaban J connectivity index is 1.51. The second kappa shape index (κ2) is 9.49. The largest absolute Gasteiger partial charge is 0.352 e. The molecule has 0 aliphatic carbocycles. The monoisotopic (exact) mass is 468 g/mol. The third kappa shape index (κ3) is 4.38. The zero-order chi connectivity index (χ0) is 24.5. The molecule has 2 aromatic heterocycles. The Morgan fingerprint density at radius 3 is 2.29 bits per heavy atom. The Kier molecular flexibility index (Phi) is 6.24. The summed E-state index contributed by atoms with van der Waals surface area (Å²) in [6.45, 7) is 11.2. The molecule has 0 unspecified atom stereocenters. The number of carbonyl (C=O) groups excluding carboxylic acids is 1. The number of hydrogen-bond donors (Lipinski definition) is 0. The van der Waals surface area contributed by atoms with Gasteiger partial charge in [0.2, 0.25) is 0 Å². The van der Waals surface area contributed by atoms with Crippen LogP contribution in [0.4, 0.5) is 5.82 Å². The number of benzene rings is 2. The molecule has 1 aliphatic heterocycles. The molecule has 2 aromatic carbocycles. The molecule has 180 valence electrons. The number of fused-ring (bicyclic) bond motifs is 1. The average Bonchev–Trinajstić information content (AvgIpc) is 3.24. The maximum absolute atomic E-state index is 12.9. The van der Waals surface area contributed by atoms with E-state index in [1.54, 1.807) is 0 Å². The first-order valence-electron chi connectivity index (χ1n) is 12.4. The first-order valence-corrected chi connectivity index (χ1v) is 12.4. The molecule has 7 heteroatoms. The molecule has 0 spiro atoms. The number of amides is 1. The topological polar surface area (TPSA) is 67.2 Å². The number of rotatable bonds is 5. The molecule has 0 bridgehead atoms. The van der Waals surface area contributed by atoms with E-state index in [1.807, 2.05) is 46.8 Å². The van der Waals surface area contributed by atoms with Crippen LogP contribution >= 0.6 is 0 Å². The molecule has 1 saturated heterocycles. The molecule has 3 heterocycles. The predicted octanol–water partition coefficient (Wildman–Crippen LogP) is 4.91. The van der Waals surface area contributed by atoms with Gasteiger partial charge in [-0.3, -0.25) is 4.79 Å². The highest BCUT2D eigenvalue weighted by Gasteiger charge is 2.27. The molecule has 1 aliphatic rings. The summed E-state index contributed by atoms with van der Waals surface area (Å²) in [5, 5.41) is 5.86. The van der Waals surface area contributed by atoms with E-state index in [2.05, 4.69) is 49.9 Å². The summed E-state index contributed by atoms with van der Waals surface area (Å²) in [5.41, 5.74) is 4.69. The molecule has 0 saturated carbocycles. The molecule has 0 radical (unpaired) electrons. The molecule has 4 aromatic rings. The summed E-state index contributed by atoms with van der Waals surface area (Å²) < 4.78 is 1.94. The maximum Gasteiger partial charge on any atom is 0.253 e. The highest BCUT2D eigenvalue weighted by molar-refractivity contribution is 5.95. The van der Waals surface area contributed by atoms with E-state index in [-0.39, 0.29) is 11.8 Å².